The van der Waals surface area contributed by atoms with Gasteiger partial charge in [0.1, 0.15) is 11.6 Å². The number of nitrogens with one attached hydrogen (secondary N) is 1. The molecule has 0 aliphatic heterocycles. The number of unbranched alkanes of at least 4 members (excludes halogenated alkanes) is 3. The number of rotatable bonds is 9. The smallest absolute Gasteiger partial charge is 0.727 e. The molecule has 8 heteroatoms. The topological polar surface area (TPSA) is 75.6 Å². The summed E-state index contributed by atoms with van der Waals surface area (Å²) in [5.41, 5.74) is 8.06. The van der Waals surface area contributed by atoms with Crippen LogP contribution in [0.2, 0.25) is 0 Å². The van der Waals surface area contributed by atoms with Gasteiger partial charge in [-0.2, -0.15) is 6.42 Å². The minimum atomic E-state index is -0.542. The van der Waals surface area contributed by atoms with Crippen molar-refractivity contribution < 1.29 is 36.8 Å². The second-order valence-corrected chi connectivity index (χ2v) is 5.45. The Hall–Kier alpha value is -1.71. The maximum absolute atomic E-state index is 13.4. The Bertz CT molecular complexity index is 614. The molecular formula is C18H19F3LiN3O-2. The fraction of sp³-hybridized carbons (Fsp3) is 0.389. The van der Waals surface area contributed by atoms with Crippen LogP contribution in [-0.2, 0) is 11.2 Å². The molecule has 0 aromatic heterocycles. The molecule has 4 nitrogen and oxygen atoms in total. The van der Waals surface area contributed by atoms with Crippen molar-refractivity contribution in [2.75, 3.05) is 0 Å². The summed E-state index contributed by atoms with van der Waals surface area (Å²) in [5, 5.41) is 9.96. The molecule has 1 aromatic carbocycles. The molecule has 1 aromatic rings. The first-order valence-corrected chi connectivity index (χ1v) is 7.92. The monoisotopic (exact) mass is 357 g/mol. The Balaban J connectivity index is 0.00000110. The first kappa shape index (κ1) is 24.3. The normalized spacial score (nSPS) is 15.2. The van der Waals surface area contributed by atoms with E-state index in [1.54, 1.807) is 6.42 Å². The molecule has 1 saturated carbocycles. The number of allylic oxidation sites excluding steroid dienone is 2. The van der Waals surface area contributed by atoms with E-state index >= 15 is 0 Å². The van der Waals surface area contributed by atoms with E-state index in [0.717, 1.165) is 6.42 Å². The summed E-state index contributed by atoms with van der Waals surface area (Å²) in [6.07, 6.45) is 7.42. The Kier molecular flexibility index (Phi) is 12.6. The average Bonchev–Trinajstić information content (AvgIpc) is 3.38. The summed E-state index contributed by atoms with van der Waals surface area (Å²) in [6.45, 7) is 0. The fourth-order valence-electron chi connectivity index (χ4n) is 1.93. The predicted octanol–water partition coefficient (Wildman–Crippen LogP) is 2.04. The fourth-order valence-corrected chi connectivity index (χ4v) is 1.93. The molecule has 26 heavy (non-hydrogen) atoms. The van der Waals surface area contributed by atoms with Crippen molar-refractivity contribution in [3.8, 4) is 0 Å². The first-order chi connectivity index (χ1) is 12.0. The van der Waals surface area contributed by atoms with E-state index in [4.69, 9.17) is 10.9 Å². The molecule has 0 saturated heterocycles. The van der Waals surface area contributed by atoms with Crippen LogP contribution in [0.25, 0.3) is 5.53 Å². The van der Waals surface area contributed by atoms with E-state index < -0.39 is 23.5 Å². The van der Waals surface area contributed by atoms with Crippen LogP contribution in [0.5, 0.6) is 0 Å². The van der Waals surface area contributed by atoms with Crippen LogP contribution >= 0.6 is 0 Å². The Labute approximate surface area is 163 Å². The zero-order valence-electron chi connectivity index (χ0n) is 14.6. The van der Waals surface area contributed by atoms with Crippen LogP contribution in [0.15, 0.2) is 35.1 Å². The summed E-state index contributed by atoms with van der Waals surface area (Å²) >= 11 is 0. The van der Waals surface area contributed by atoms with Crippen LogP contribution in [-0.4, -0.2) is 18.2 Å². The number of alkyl halides is 1. The number of nitrogens with zero attached hydrogens (tertiary/aromatic N) is 2. The largest absolute Gasteiger partial charge is 1.00 e. The van der Waals surface area contributed by atoms with Crippen LogP contribution in [0.4, 0.5) is 13.2 Å². The van der Waals surface area contributed by atoms with Crippen molar-refractivity contribution in [3.63, 3.8) is 0 Å². The maximum Gasteiger partial charge on any atom is 1.00 e. The molecular weight excluding hydrogens is 338 g/mol. The van der Waals surface area contributed by atoms with Gasteiger partial charge in [-0.15, -0.1) is 6.08 Å². The van der Waals surface area contributed by atoms with Gasteiger partial charge in [-0.05, 0) is 37.6 Å². The van der Waals surface area contributed by atoms with E-state index in [9.17, 15) is 18.0 Å². The van der Waals surface area contributed by atoms with Gasteiger partial charge < -0.3 is 20.8 Å². The van der Waals surface area contributed by atoms with Gasteiger partial charge in [-0.1, -0.05) is 30.3 Å². The van der Waals surface area contributed by atoms with E-state index in [-0.39, 0.29) is 30.1 Å². The molecule has 1 N–H and O–H groups in total. The Morgan fingerprint density at radius 3 is 2.38 bits per heavy atom. The Morgan fingerprint density at radius 2 is 1.92 bits per heavy atom. The summed E-state index contributed by atoms with van der Waals surface area (Å²) in [5.74, 6) is -1.07. The molecule has 0 amide bonds. The first-order valence-electron chi connectivity index (χ1n) is 7.92. The van der Waals surface area contributed by atoms with Crippen molar-refractivity contribution in [1.29, 1.82) is 5.41 Å². The number of benzene rings is 1. The minimum absolute atomic E-state index is 0. The number of carbonyl (C=O) groups excluding carboxylic acids is 1. The molecule has 0 unspecified atom stereocenters. The molecule has 136 valence electrons. The molecule has 1 atom stereocenters. The van der Waals surface area contributed by atoms with Crippen LogP contribution in [0.1, 0.15) is 37.7 Å². The molecule has 1 aliphatic carbocycles. The van der Waals surface area contributed by atoms with Gasteiger partial charge in [0.05, 0.1) is 0 Å². The van der Waals surface area contributed by atoms with E-state index in [1.165, 1.54) is 30.6 Å². The molecule has 1 aliphatic rings. The summed E-state index contributed by atoms with van der Waals surface area (Å²) in [7, 11) is 0. The summed E-state index contributed by atoms with van der Waals surface area (Å²) in [6, 6.07) is 3.80. The van der Waals surface area contributed by atoms with E-state index in [2.05, 4.69) is 5.11 Å². The number of hydrogen-bond donors (Lipinski definition) is 1. The molecule has 0 spiro atoms. The minimum Gasteiger partial charge on any atom is -0.727 e. The zero-order chi connectivity index (χ0) is 18.7. The maximum atomic E-state index is 13.4. The van der Waals surface area contributed by atoms with Crippen molar-refractivity contribution in [1.82, 2.24) is 0 Å². The molecule has 0 bridgehead atoms. The number of hydrogen-bond acceptors (Lipinski definition) is 3. The second-order valence-electron chi connectivity index (χ2n) is 5.45. The second kappa shape index (κ2) is 13.5. The molecule has 0 heterocycles. The van der Waals surface area contributed by atoms with Crippen LogP contribution in [0, 0.1) is 23.5 Å². The number of halogens is 3. The molecule has 0 radical (unpaired) electrons. The summed E-state index contributed by atoms with van der Waals surface area (Å²) < 4.78 is 37.8. The third kappa shape index (κ3) is 9.69. The SMILES string of the molecule is F[C@@H]1[CH-]C1.[Li+].[N-]=N/C(=C/CCCCCc1c(F)cccc1F)C(=N)[C-]=O. The third-order valence-electron chi connectivity index (χ3n) is 3.41. The molecule has 2 rings (SSSR count). The standard InChI is InChI=1S/C15H15F2N3O.C3H4F.Li/c16-12-7-5-8-13(17)11(12)6-3-1-2-4-9-15(20-19)14(18)10-21;4-3-1-2-3;/h5,7-9,18H,1-4,6H2;1,3H,2H2;/q-2;-1;+1/b15-9+,18-14?;;/t;3-;/m.1./s1. The van der Waals surface area contributed by atoms with Gasteiger partial charge in [-0.25, -0.2) is 8.78 Å². The van der Waals surface area contributed by atoms with Crippen LogP contribution in [0.3, 0.4) is 0 Å². The zero-order valence-corrected chi connectivity index (χ0v) is 14.6. The summed E-state index contributed by atoms with van der Waals surface area (Å²) in [4.78, 5) is 10.2. The molecule has 1 fully saturated rings. The van der Waals surface area contributed by atoms with Crippen LogP contribution < -0.4 is 18.9 Å². The van der Waals surface area contributed by atoms with Gasteiger partial charge in [0.25, 0.3) is 0 Å². The van der Waals surface area contributed by atoms with Crippen molar-refractivity contribution in [2.45, 2.75) is 44.7 Å². The average molecular weight is 357 g/mol. The third-order valence-corrected chi connectivity index (χ3v) is 3.41. The van der Waals surface area contributed by atoms with Gasteiger partial charge >= 0.3 is 18.9 Å². The predicted molar refractivity (Wildman–Crippen MR) is 89.6 cm³/mol. The quantitative estimate of drug-likeness (QED) is 0.237. The van der Waals surface area contributed by atoms with Gasteiger partial charge in [-0.3, -0.25) is 10.8 Å². The Morgan fingerprint density at radius 1 is 1.35 bits per heavy atom. The van der Waals surface area contributed by atoms with Gasteiger partial charge in [0.2, 0.25) is 0 Å². The van der Waals surface area contributed by atoms with E-state index in [0.29, 0.717) is 32.1 Å². The van der Waals surface area contributed by atoms with Crippen molar-refractivity contribution in [3.05, 3.63) is 59.1 Å². The van der Waals surface area contributed by atoms with Crippen molar-refractivity contribution >= 4 is 12.0 Å². The van der Waals surface area contributed by atoms with Gasteiger partial charge in [0.15, 0.2) is 0 Å². The van der Waals surface area contributed by atoms with Crippen molar-refractivity contribution in [2.24, 2.45) is 5.11 Å². The van der Waals surface area contributed by atoms with Gasteiger partial charge in [0, 0.05) is 11.8 Å². The van der Waals surface area contributed by atoms with E-state index in [1.807, 2.05) is 0 Å².